The topological polar surface area (TPSA) is 34.0 Å². The quantitative estimate of drug-likeness (QED) is 0.850. The molecule has 1 aliphatic rings. The molecule has 1 fully saturated rings. The van der Waals surface area contributed by atoms with Crippen molar-refractivity contribution in [3.05, 3.63) is 12.2 Å². The Hall–Kier alpha value is -1.11. The van der Waals surface area contributed by atoms with Gasteiger partial charge in [0, 0.05) is 12.0 Å². The van der Waals surface area contributed by atoms with E-state index in [4.69, 9.17) is 0 Å². The molecule has 1 aliphatic heterocycles. The molecule has 0 radical (unpaired) electrons. The molecule has 0 bridgehead atoms. The number of likely N-dealkylation sites (tertiary alicyclic amines) is 1. The lowest BCUT2D eigenvalue weighted by atomic mass is 9.95. The Labute approximate surface area is 110 Å². The Morgan fingerprint density at radius 1 is 1.32 bits per heavy atom. The predicted molar refractivity (Wildman–Crippen MR) is 64.8 cm³/mol. The van der Waals surface area contributed by atoms with Gasteiger partial charge >= 0.3 is 6.18 Å². The molecule has 0 aromatic carbocycles. The van der Waals surface area contributed by atoms with E-state index in [-0.39, 0.29) is 5.92 Å². The second-order valence-electron chi connectivity index (χ2n) is 5.32. The Morgan fingerprint density at radius 2 is 1.95 bits per heavy atom. The van der Waals surface area contributed by atoms with Gasteiger partial charge in [-0.05, 0) is 39.8 Å². The fourth-order valence-corrected chi connectivity index (χ4v) is 2.43. The van der Waals surface area contributed by atoms with Gasteiger partial charge in [0.15, 0.2) is 5.82 Å². The Bertz CT molecular complexity index is 405. The summed E-state index contributed by atoms with van der Waals surface area (Å²) in [5.74, 6) is 0.733. The molecule has 0 N–H and O–H groups in total. The Balaban J connectivity index is 1.93. The van der Waals surface area contributed by atoms with Crippen LogP contribution in [0, 0.1) is 0 Å². The lowest BCUT2D eigenvalue weighted by Gasteiger charge is -2.33. The molecule has 1 saturated heterocycles. The molecular formula is C12H19F3N4. The maximum Gasteiger partial charge on any atom is 0.408 e. The highest BCUT2D eigenvalue weighted by Gasteiger charge is 2.30. The van der Waals surface area contributed by atoms with E-state index in [2.05, 4.69) is 28.8 Å². The first-order valence-corrected chi connectivity index (χ1v) is 6.55. The monoisotopic (exact) mass is 276 g/mol. The number of rotatable bonds is 3. The number of nitrogens with zero attached hydrogens (tertiary/aromatic N) is 4. The summed E-state index contributed by atoms with van der Waals surface area (Å²) in [5.41, 5.74) is 0. The number of hydrogen-bond donors (Lipinski definition) is 0. The maximum absolute atomic E-state index is 12.2. The van der Waals surface area contributed by atoms with Crippen molar-refractivity contribution in [2.24, 2.45) is 0 Å². The molecule has 1 aromatic rings. The molecule has 19 heavy (non-hydrogen) atoms. The van der Waals surface area contributed by atoms with Gasteiger partial charge in [-0.3, -0.25) is 0 Å². The third-order valence-corrected chi connectivity index (χ3v) is 3.52. The summed E-state index contributed by atoms with van der Waals surface area (Å²) in [4.78, 5) is 6.39. The fraction of sp³-hybridized carbons (Fsp3) is 0.833. The average Bonchev–Trinajstić information content (AvgIpc) is 2.75. The Morgan fingerprint density at radius 3 is 2.47 bits per heavy atom. The molecular weight excluding hydrogens is 257 g/mol. The van der Waals surface area contributed by atoms with E-state index in [9.17, 15) is 13.2 Å². The van der Waals surface area contributed by atoms with Gasteiger partial charge in [-0.25, -0.2) is 9.67 Å². The molecule has 108 valence electrons. The van der Waals surface area contributed by atoms with Gasteiger partial charge < -0.3 is 4.90 Å². The van der Waals surface area contributed by atoms with E-state index in [1.165, 1.54) is 6.33 Å². The van der Waals surface area contributed by atoms with Crippen LogP contribution in [0.3, 0.4) is 0 Å². The molecule has 4 nitrogen and oxygen atoms in total. The normalized spacial score (nSPS) is 19.3. The summed E-state index contributed by atoms with van der Waals surface area (Å²) >= 11 is 0. The van der Waals surface area contributed by atoms with Crippen molar-refractivity contribution >= 4 is 0 Å². The van der Waals surface area contributed by atoms with E-state index in [1.807, 2.05) is 0 Å². The minimum absolute atomic E-state index is 0.185. The highest BCUT2D eigenvalue weighted by atomic mass is 19.4. The van der Waals surface area contributed by atoms with E-state index < -0.39 is 12.7 Å². The first-order valence-electron chi connectivity index (χ1n) is 6.55. The molecule has 1 aromatic heterocycles. The summed E-state index contributed by atoms with van der Waals surface area (Å²) in [6, 6.07) is 0.511. The third-order valence-electron chi connectivity index (χ3n) is 3.52. The zero-order valence-corrected chi connectivity index (χ0v) is 11.2. The largest absolute Gasteiger partial charge is 0.408 e. The highest BCUT2D eigenvalue weighted by Crippen LogP contribution is 2.26. The van der Waals surface area contributed by atoms with Crippen LogP contribution < -0.4 is 0 Å². The number of aromatic nitrogens is 3. The van der Waals surface area contributed by atoms with Crippen molar-refractivity contribution in [1.29, 1.82) is 0 Å². The van der Waals surface area contributed by atoms with Crippen LogP contribution in [0.25, 0.3) is 0 Å². The minimum atomic E-state index is -4.24. The molecule has 0 saturated carbocycles. The first-order chi connectivity index (χ1) is 8.85. The SMILES string of the molecule is CC(C)N1CCC(c2ncn(CC(F)(F)F)n2)CC1. The van der Waals surface area contributed by atoms with Crippen molar-refractivity contribution in [1.82, 2.24) is 19.7 Å². The second-order valence-corrected chi connectivity index (χ2v) is 5.32. The average molecular weight is 276 g/mol. The molecule has 0 aliphatic carbocycles. The van der Waals surface area contributed by atoms with Crippen molar-refractivity contribution in [2.45, 2.75) is 51.4 Å². The molecule has 0 unspecified atom stereocenters. The molecule has 7 heteroatoms. The molecule has 2 rings (SSSR count). The van der Waals surface area contributed by atoms with Gasteiger partial charge in [-0.1, -0.05) is 0 Å². The zero-order valence-electron chi connectivity index (χ0n) is 11.2. The van der Waals surface area contributed by atoms with Crippen LogP contribution in [-0.2, 0) is 6.54 Å². The fourth-order valence-electron chi connectivity index (χ4n) is 2.43. The maximum atomic E-state index is 12.2. The predicted octanol–water partition coefficient (Wildman–Crippen LogP) is 2.43. The van der Waals surface area contributed by atoms with Crippen LogP contribution >= 0.6 is 0 Å². The van der Waals surface area contributed by atoms with Crippen LogP contribution in [-0.4, -0.2) is 45.0 Å². The third kappa shape index (κ3) is 3.92. The van der Waals surface area contributed by atoms with Crippen molar-refractivity contribution in [3.8, 4) is 0 Å². The number of halogens is 3. The summed E-state index contributed by atoms with van der Waals surface area (Å²) in [6.07, 6.45) is -1.24. The van der Waals surface area contributed by atoms with Gasteiger partial charge in [0.2, 0.25) is 0 Å². The van der Waals surface area contributed by atoms with Gasteiger partial charge in [0.1, 0.15) is 12.9 Å². The van der Waals surface area contributed by atoms with E-state index in [1.54, 1.807) is 0 Å². The van der Waals surface area contributed by atoms with Crippen molar-refractivity contribution < 1.29 is 13.2 Å². The van der Waals surface area contributed by atoms with Crippen LogP contribution in [0.2, 0.25) is 0 Å². The van der Waals surface area contributed by atoms with E-state index in [0.717, 1.165) is 30.6 Å². The van der Waals surface area contributed by atoms with Gasteiger partial charge in [-0.2, -0.15) is 18.3 Å². The van der Waals surface area contributed by atoms with E-state index >= 15 is 0 Å². The molecule has 0 atom stereocenters. The number of piperidine rings is 1. The molecule has 0 amide bonds. The van der Waals surface area contributed by atoms with E-state index in [0.29, 0.717) is 11.9 Å². The van der Waals surface area contributed by atoms with Crippen LogP contribution in [0.4, 0.5) is 13.2 Å². The van der Waals surface area contributed by atoms with Crippen molar-refractivity contribution in [2.75, 3.05) is 13.1 Å². The summed E-state index contributed by atoms with van der Waals surface area (Å²) < 4.78 is 37.6. The number of alkyl halides is 3. The van der Waals surface area contributed by atoms with Crippen LogP contribution in [0.1, 0.15) is 38.4 Å². The summed E-state index contributed by atoms with van der Waals surface area (Å²) in [6.45, 7) is 5.14. The van der Waals surface area contributed by atoms with Crippen LogP contribution in [0.15, 0.2) is 6.33 Å². The first kappa shape index (κ1) is 14.3. The standard InChI is InChI=1S/C12H19F3N4/c1-9(2)18-5-3-10(4-6-18)11-16-8-19(17-11)7-12(13,14)15/h8-10H,3-7H2,1-2H3. The minimum Gasteiger partial charge on any atom is -0.301 e. The van der Waals surface area contributed by atoms with Crippen LogP contribution in [0.5, 0.6) is 0 Å². The van der Waals surface area contributed by atoms with Crippen molar-refractivity contribution in [3.63, 3.8) is 0 Å². The lowest BCUT2D eigenvalue weighted by molar-refractivity contribution is -0.142. The molecule has 2 heterocycles. The van der Waals surface area contributed by atoms with Gasteiger partial charge in [0.25, 0.3) is 0 Å². The Kier molecular flexibility index (Phi) is 4.13. The second kappa shape index (κ2) is 5.48. The lowest BCUT2D eigenvalue weighted by Crippen LogP contribution is -2.38. The number of hydrogen-bond acceptors (Lipinski definition) is 3. The van der Waals surface area contributed by atoms with Gasteiger partial charge in [0.05, 0.1) is 0 Å². The zero-order chi connectivity index (χ0) is 14.0. The highest BCUT2D eigenvalue weighted by molar-refractivity contribution is 4.97. The summed E-state index contributed by atoms with van der Waals surface area (Å²) in [7, 11) is 0. The summed E-state index contributed by atoms with van der Waals surface area (Å²) in [5, 5.41) is 3.96. The smallest absolute Gasteiger partial charge is 0.301 e. The van der Waals surface area contributed by atoms with Gasteiger partial charge in [-0.15, -0.1) is 0 Å². The molecule has 0 spiro atoms.